The Morgan fingerprint density at radius 2 is 2.38 bits per heavy atom. The number of hydrogen-bond acceptors (Lipinski definition) is 4. The fourth-order valence-electron chi connectivity index (χ4n) is 1.11. The Bertz CT molecular complexity index is 498. The standard InChI is InChI=1S/C11H9FN2OS/c1-2-11-13-10(14-15-11)7-16-9-5-3-4-8(12)6-9/h2-6H,1,7H2. The summed E-state index contributed by atoms with van der Waals surface area (Å²) >= 11 is 1.45. The van der Waals surface area contributed by atoms with Gasteiger partial charge in [-0.05, 0) is 24.3 Å². The van der Waals surface area contributed by atoms with E-state index in [0.29, 0.717) is 17.5 Å². The zero-order valence-electron chi connectivity index (χ0n) is 8.39. The average molecular weight is 236 g/mol. The van der Waals surface area contributed by atoms with Crippen molar-refractivity contribution < 1.29 is 8.91 Å². The molecule has 0 saturated carbocycles. The first kappa shape index (κ1) is 10.9. The van der Waals surface area contributed by atoms with E-state index in [1.54, 1.807) is 6.07 Å². The minimum atomic E-state index is -0.245. The van der Waals surface area contributed by atoms with Gasteiger partial charge < -0.3 is 4.52 Å². The van der Waals surface area contributed by atoms with Crippen molar-refractivity contribution in [2.45, 2.75) is 10.6 Å². The lowest BCUT2D eigenvalue weighted by atomic mass is 10.4. The van der Waals surface area contributed by atoms with Gasteiger partial charge in [0.05, 0.1) is 5.75 Å². The molecule has 2 aromatic rings. The smallest absolute Gasteiger partial charge is 0.250 e. The fourth-order valence-corrected chi connectivity index (χ4v) is 1.90. The van der Waals surface area contributed by atoms with Crippen molar-refractivity contribution in [3.05, 3.63) is 48.4 Å². The van der Waals surface area contributed by atoms with Crippen LogP contribution in [-0.4, -0.2) is 10.1 Å². The van der Waals surface area contributed by atoms with Crippen LogP contribution in [0.25, 0.3) is 6.08 Å². The monoisotopic (exact) mass is 236 g/mol. The minimum Gasteiger partial charge on any atom is -0.335 e. The molecule has 0 atom stereocenters. The molecule has 0 fully saturated rings. The summed E-state index contributed by atoms with van der Waals surface area (Å²) in [5, 5.41) is 3.75. The van der Waals surface area contributed by atoms with Crippen molar-refractivity contribution in [3.63, 3.8) is 0 Å². The molecule has 0 unspecified atom stereocenters. The molecule has 5 heteroatoms. The molecule has 3 nitrogen and oxygen atoms in total. The van der Waals surface area contributed by atoms with Gasteiger partial charge in [-0.1, -0.05) is 17.8 Å². The maximum absolute atomic E-state index is 12.9. The van der Waals surface area contributed by atoms with Crippen LogP contribution in [0.15, 0.2) is 40.3 Å². The quantitative estimate of drug-likeness (QED) is 0.764. The van der Waals surface area contributed by atoms with Crippen molar-refractivity contribution in [3.8, 4) is 0 Å². The number of nitrogens with zero attached hydrogens (tertiary/aromatic N) is 2. The third-order valence-corrected chi connectivity index (χ3v) is 2.81. The molecule has 1 aromatic heterocycles. The maximum atomic E-state index is 12.9. The minimum absolute atomic E-state index is 0.245. The Kier molecular flexibility index (Phi) is 3.36. The van der Waals surface area contributed by atoms with Crippen molar-refractivity contribution in [2.75, 3.05) is 0 Å². The molecule has 0 aliphatic heterocycles. The number of benzene rings is 1. The van der Waals surface area contributed by atoms with Gasteiger partial charge in [0.15, 0.2) is 5.82 Å². The van der Waals surface area contributed by atoms with E-state index >= 15 is 0 Å². The highest BCUT2D eigenvalue weighted by atomic mass is 32.2. The van der Waals surface area contributed by atoms with E-state index in [1.165, 1.54) is 30.0 Å². The summed E-state index contributed by atoms with van der Waals surface area (Å²) in [5.74, 6) is 1.27. The first-order valence-corrected chi connectivity index (χ1v) is 5.60. The molecule has 0 N–H and O–H groups in total. The summed E-state index contributed by atoms with van der Waals surface area (Å²) < 4.78 is 17.7. The summed E-state index contributed by atoms with van der Waals surface area (Å²) in [6.45, 7) is 3.52. The van der Waals surface area contributed by atoms with E-state index in [0.717, 1.165) is 4.90 Å². The van der Waals surface area contributed by atoms with Crippen LogP contribution < -0.4 is 0 Å². The maximum Gasteiger partial charge on any atom is 0.250 e. The van der Waals surface area contributed by atoms with Crippen LogP contribution in [0, 0.1) is 5.82 Å². The molecule has 1 heterocycles. The molecule has 2 rings (SSSR count). The largest absolute Gasteiger partial charge is 0.335 e. The molecule has 0 amide bonds. The molecular formula is C11H9FN2OS. The second-order valence-electron chi connectivity index (χ2n) is 3.00. The predicted molar refractivity (Wildman–Crippen MR) is 60.4 cm³/mol. The van der Waals surface area contributed by atoms with Gasteiger partial charge in [0, 0.05) is 4.90 Å². The first-order valence-electron chi connectivity index (χ1n) is 4.61. The van der Waals surface area contributed by atoms with Crippen molar-refractivity contribution in [1.82, 2.24) is 10.1 Å². The summed E-state index contributed by atoms with van der Waals surface area (Å²) in [4.78, 5) is 4.89. The second kappa shape index (κ2) is 4.94. The molecule has 0 aliphatic carbocycles. The van der Waals surface area contributed by atoms with E-state index < -0.39 is 0 Å². The average Bonchev–Trinajstić information content (AvgIpc) is 2.74. The highest BCUT2D eigenvalue weighted by Crippen LogP contribution is 2.22. The lowest BCUT2D eigenvalue weighted by molar-refractivity contribution is 0.405. The topological polar surface area (TPSA) is 38.9 Å². The lowest BCUT2D eigenvalue weighted by Gasteiger charge is -1.97. The van der Waals surface area contributed by atoms with Crippen molar-refractivity contribution in [2.24, 2.45) is 0 Å². The molecule has 1 aromatic carbocycles. The SMILES string of the molecule is C=Cc1nc(CSc2cccc(F)c2)no1. The molecule has 0 bridgehead atoms. The van der Waals surface area contributed by atoms with Crippen molar-refractivity contribution >= 4 is 17.8 Å². The van der Waals surface area contributed by atoms with Gasteiger partial charge in [-0.25, -0.2) is 4.39 Å². The van der Waals surface area contributed by atoms with Gasteiger partial charge in [-0.3, -0.25) is 0 Å². The Morgan fingerprint density at radius 1 is 1.50 bits per heavy atom. The van der Waals surface area contributed by atoms with Crippen LogP contribution in [0.2, 0.25) is 0 Å². The Hall–Kier alpha value is -1.62. The van der Waals surface area contributed by atoms with Crippen LogP contribution in [0.4, 0.5) is 4.39 Å². The van der Waals surface area contributed by atoms with Crippen LogP contribution in [0.5, 0.6) is 0 Å². The van der Waals surface area contributed by atoms with Gasteiger partial charge in [0.1, 0.15) is 5.82 Å². The van der Waals surface area contributed by atoms with Crippen LogP contribution in [0.1, 0.15) is 11.7 Å². The summed E-state index contributed by atoms with van der Waals surface area (Å²) in [6.07, 6.45) is 1.49. The Labute approximate surface area is 96.4 Å². The number of halogens is 1. The molecule has 0 radical (unpaired) electrons. The summed E-state index contributed by atoms with van der Waals surface area (Å²) in [5.41, 5.74) is 0. The van der Waals surface area contributed by atoms with Crippen LogP contribution in [-0.2, 0) is 5.75 Å². The van der Waals surface area contributed by atoms with Gasteiger partial charge in [-0.15, -0.1) is 11.8 Å². The van der Waals surface area contributed by atoms with Crippen molar-refractivity contribution in [1.29, 1.82) is 0 Å². The molecule has 16 heavy (non-hydrogen) atoms. The normalized spacial score (nSPS) is 10.3. The van der Waals surface area contributed by atoms with Crippen LogP contribution in [0.3, 0.4) is 0 Å². The summed E-state index contributed by atoms with van der Waals surface area (Å²) in [7, 11) is 0. The highest BCUT2D eigenvalue weighted by molar-refractivity contribution is 7.98. The van der Waals surface area contributed by atoms with E-state index in [2.05, 4.69) is 16.7 Å². The first-order chi connectivity index (χ1) is 7.78. The third-order valence-electron chi connectivity index (χ3n) is 1.82. The molecular weight excluding hydrogens is 227 g/mol. The van der Waals surface area contributed by atoms with E-state index in [1.807, 2.05) is 6.07 Å². The zero-order chi connectivity index (χ0) is 11.4. The predicted octanol–water partition coefficient (Wildman–Crippen LogP) is 3.14. The molecule has 0 aliphatic rings. The Morgan fingerprint density at radius 3 is 3.06 bits per heavy atom. The second-order valence-corrected chi connectivity index (χ2v) is 4.05. The third kappa shape index (κ3) is 2.70. The number of hydrogen-bond donors (Lipinski definition) is 0. The van der Waals surface area contributed by atoms with E-state index in [9.17, 15) is 4.39 Å². The van der Waals surface area contributed by atoms with Gasteiger partial charge in [0.25, 0.3) is 0 Å². The molecule has 0 saturated heterocycles. The number of rotatable bonds is 4. The van der Waals surface area contributed by atoms with Gasteiger partial charge >= 0.3 is 0 Å². The summed E-state index contributed by atoms with van der Waals surface area (Å²) in [6, 6.07) is 6.39. The fraction of sp³-hybridized carbons (Fsp3) is 0.0909. The lowest BCUT2D eigenvalue weighted by Crippen LogP contribution is -1.84. The molecule has 0 spiro atoms. The number of aromatic nitrogens is 2. The molecule has 82 valence electrons. The van der Waals surface area contributed by atoms with Crippen LogP contribution >= 0.6 is 11.8 Å². The highest BCUT2D eigenvalue weighted by Gasteiger charge is 2.04. The van der Waals surface area contributed by atoms with Gasteiger partial charge in [0.2, 0.25) is 5.89 Å². The van der Waals surface area contributed by atoms with E-state index in [-0.39, 0.29) is 5.82 Å². The van der Waals surface area contributed by atoms with Gasteiger partial charge in [-0.2, -0.15) is 4.98 Å². The zero-order valence-corrected chi connectivity index (χ0v) is 9.21. The number of thioether (sulfide) groups is 1. The Balaban J connectivity index is 1.99. The van der Waals surface area contributed by atoms with E-state index in [4.69, 9.17) is 4.52 Å².